The van der Waals surface area contributed by atoms with Crippen molar-refractivity contribution in [3.63, 3.8) is 0 Å². The molecule has 0 amide bonds. The predicted octanol–water partition coefficient (Wildman–Crippen LogP) is -0.284. The zero-order valence-electron chi connectivity index (χ0n) is 8.24. The van der Waals surface area contributed by atoms with Gasteiger partial charge in [0.25, 0.3) is 0 Å². The fourth-order valence-electron chi connectivity index (χ4n) is 1.53. The summed E-state index contributed by atoms with van der Waals surface area (Å²) in [5, 5.41) is 8.90. The van der Waals surface area contributed by atoms with E-state index in [1.165, 1.54) is 0 Å². The van der Waals surface area contributed by atoms with E-state index in [1.807, 2.05) is 0 Å². The van der Waals surface area contributed by atoms with Crippen LogP contribution in [0.1, 0.15) is 6.42 Å². The fraction of sp³-hybridized carbons (Fsp3) is 1.00. The van der Waals surface area contributed by atoms with Gasteiger partial charge >= 0.3 is 0 Å². The van der Waals surface area contributed by atoms with Crippen molar-refractivity contribution in [3.8, 4) is 0 Å². The summed E-state index contributed by atoms with van der Waals surface area (Å²) in [5.41, 5.74) is 0. The first-order valence-electron chi connectivity index (χ1n) is 4.80. The molecule has 0 aliphatic carbocycles. The second kappa shape index (κ2) is 6.32. The number of methoxy groups -OCH3 is 1. The Morgan fingerprint density at radius 3 is 3.15 bits per heavy atom. The third-order valence-corrected chi connectivity index (χ3v) is 2.25. The molecule has 1 N–H and O–H groups in total. The summed E-state index contributed by atoms with van der Waals surface area (Å²) in [4.78, 5) is 2.31. The molecule has 1 heterocycles. The monoisotopic (exact) mass is 189 g/mol. The van der Waals surface area contributed by atoms with Crippen molar-refractivity contribution in [2.24, 2.45) is 0 Å². The lowest BCUT2D eigenvalue weighted by atomic mass is 10.2. The zero-order chi connectivity index (χ0) is 9.52. The molecule has 0 aromatic heterocycles. The van der Waals surface area contributed by atoms with Crippen molar-refractivity contribution in [1.29, 1.82) is 0 Å². The van der Waals surface area contributed by atoms with Crippen LogP contribution in [0.15, 0.2) is 0 Å². The normalized spacial score (nSPS) is 24.9. The summed E-state index contributed by atoms with van der Waals surface area (Å²) in [6.45, 7) is 4.52. The van der Waals surface area contributed by atoms with Gasteiger partial charge in [0.2, 0.25) is 0 Å². The Bertz CT molecular complexity index is 132. The Labute approximate surface area is 79.4 Å². The molecular formula is C9H19NO3. The van der Waals surface area contributed by atoms with Gasteiger partial charge in [-0.05, 0) is 6.42 Å². The van der Waals surface area contributed by atoms with E-state index in [0.717, 1.165) is 39.3 Å². The second-order valence-electron chi connectivity index (χ2n) is 3.32. The molecule has 1 atom stereocenters. The number of hydrogen-bond donors (Lipinski definition) is 1. The Kier molecular flexibility index (Phi) is 5.31. The van der Waals surface area contributed by atoms with E-state index >= 15 is 0 Å². The molecule has 13 heavy (non-hydrogen) atoms. The van der Waals surface area contributed by atoms with Gasteiger partial charge in [0.15, 0.2) is 0 Å². The molecule has 0 bridgehead atoms. The van der Waals surface area contributed by atoms with Gasteiger partial charge in [0.05, 0.1) is 19.3 Å². The van der Waals surface area contributed by atoms with Crippen LogP contribution in [-0.4, -0.2) is 62.7 Å². The Morgan fingerprint density at radius 2 is 2.46 bits per heavy atom. The summed E-state index contributed by atoms with van der Waals surface area (Å²) < 4.78 is 10.3. The predicted molar refractivity (Wildman–Crippen MR) is 49.8 cm³/mol. The molecule has 1 aliphatic heterocycles. The molecule has 1 fully saturated rings. The van der Waals surface area contributed by atoms with Crippen LogP contribution in [-0.2, 0) is 9.47 Å². The van der Waals surface area contributed by atoms with E-state index in [0.29, 0.717) is 0 Å². The van der Waals surface area contributed by atoms with Gasteiger partial charge in [-0.1, -0.05) is 0 Å². The van der Waals surface area contributed by atoms with Crippen LogP contribution >= 0.6 is 0 Å². The van der Waals surface area contributed by atoms with Gasteiger partial charge in [-0.3, -0.25) is 4.90 Å². The molecule has 4 nitrogen and oxygen atoms in total. The van der Waals surface area contributed by atoms with E-state index in [1.54, 1.807) is 7.11 Å². The third kappa shape index (κ3) is 4.04. The van der Waals surface area contributed by atoms with Crippen LogP contribution in [0.25, 0.3) is 0 Å². The number of rotatable bonds is 5. The van der Waals surface area contributed by atoms with Crippen molar-refractivity contribution < 1.29 is 14.6 Å². The largest absolute Gasteiger partial charge is 0.394 e. The summed E-state index contributed by atoms with van der Waals surface area (Å²) >= 11 is 0. The van der Waals surface area contributed by atoms with Gasteiger partial charge in [0.1, 0.15) is 0 Å². The van der Waals surface area contributed by atoms with Crippen LogP contribution in [0.2, 0.25) is 0 Å². The minimum atomic E-state index is 0.0105. The van der Waals surface area contributed by atoms with Crippen LogP contribution in [0.4, 0.5) is 0 Å². The van der Waals surface area contributed by atoms with Gasteiger partial charge in [-0.25, -0.2) is 0 Å². The van der Waals surface area contributed by atoms with E-state index in [-0.39, 0.29) is 12.7 Å². The lowest BCUT2D eigenvalue weighted by molar-refractivity contribution is -0.0538. The molecule has 0 aromatic carbocycles. The number of aliphatic hydroxyl groups is 1. The first-order chi connectivity index (χ1) is 6.36. The maximum atomic E-state index is 8.90. The van der Waals surface area contributed by atoms with E-state index in [9.17, 15) is 0 Å². The first kappa shape index (κ1) is 10.9. The quantitative estimate of drug-likeness (QED) is 0.604. The summed E-state index contributed by atoms with van der Waals surface area (Å²) in [6, 6.07) is 0. The van der Waals surface area contributed by atoms with Gasteiger partial charge in [0, 0.05) is 33.4 Å². The number of aliphatic hydroxyl groups excluding tert-OH is 1. The van der Waals surface area contributed by atoms with E-state index < -0.39 is 0 Å². The minimum absolute atomic E-state index is 0.0105. The van der Waals surface area contributed by atoms with Crippen LogP contribution in [0.3, 0.4) is 0 Å². The van der Waals surface area contributed by atoms with Crippen molar-refractivity contribution >= 4 is 0 Å². The topological polar surface area (TPSA) is 41.9 Å². The highest BCUT2D eigenvalue weighted by molar-refractivity contribution is 4.70. The Morgan fingerprint density at radius 1 is 1.62 bits per heavy atom. The van der Waals surface area contributed by atoms with Crippen molar-refractivity contribution in [2.75, 3.05) is 46.6 Å². The average molecular weight is 189 g/mol. The molecule has 0 radical (unpaired) electrons. The Balaban J connectivity index is 2.11. The summed E-state index contributed by atoms with van der Waals surface area (Å²) in [6.07, 6.45) is 1.06. The molecule has 1 unspecified atom stereocenters. The lowest BCUT2D eigenvalue weighted by Crippen LogP contribution is -2.44. The molecule has 1 aliphatic rings. The SMILES string of the molecule is COCCCN1CCOC(CO)C1. The molecule has 1 saturated heterocycles. The lowest BCUT2D eigenvalue weighted by Gasteiger charge is -2.31. The average Bonchev–Trinajstić information content (AvgIpc) is 2.19. The van der Waals surface area contributed by atoms with E-state index in [2.05, 4.69) is 4.90 Å². The Hall–Kier alpha value is -0.160. The molecular weight excluding hydrogens is 170 g/mol. The third-order valence-electron chi connectivity index (χ3n) is 2.25. The number of nitrogens with zero attached hydrogens (tertiary/aromatic N) is 1. The summed E-state index contributed by atoms with van der Waals surface area (Å²) in [5.74, 6) is 0. The smallest absolute Gasteiger partial charge is 0.0932 e. The fourth-order valence-corrected chi connectivity index (χ4v) is 1.53. The van der Waals surface area contributed by atoms with Crippen LogP contribution < -0.4 is 0 Å². The zero-order valence-corrected chi connectivity index (χ0v) is 8.24. The molecule has 4 heteroatoms. The molecule has 0 spiro atoms. The van der Waals surface area contributed by atoms with Crippen molar-refractivity contribution in [2.45, 2.75) is 12.5 Å². The highest BCUT2D eigenvalue weighted by atomic mass is 16.5. The first-order valence-corrected chi connectivity index (χ1v) is 4.80. The summed E-state index contributed by atoms with van der Waals surface area (Å²) in [7, 11) is 1.72. The molecule has 1 rings (SSSR count). The van der Waals surface area contributed by atoms with Gasteiger partial charge in [-0.2, -0.15) is 0 Å². The molecule has 0 aromatic rings. The molecule has 78 valence electrons. The maximum absolute atomic E-state index is 8.90. The number of ether oxygens (including phenoxy) is 2. The van der Waals surface area contributed by atoms with Crippen LogP contribution in [0, 0.1) is 0 Å². The molecule has 0 saturated carbocycles. The minimum Gasteiger partial charge on any atom is -0.394 e. The van der Waals surface area contributed by atoms with Gasteiger partial charge < -0.3 is 14.6 Å². The highest BCUT2D eigenvalue weighted by Crippen LogP contribution is 2.04. The van der Waals surface area contributed by atoms with Crippen molar-refractivity contribution in [3.05, 3.63) is 0 Å². The standard InChI is InChI=1S/C9H19NO3/c1-12-5-2-3-10-4-6-13-9(7-10)8-11/h9,11H,2-8H2,1H3. The number of hydrogen-bond acceptors (Lipinski definition) is 4. The highest BCUT2D eigenvalue weighted by Gasteiger charge is 2.18. The van der Waals surface area contributed by atoms with Crippen LogP contribution in [0.5, 0.6) is 0 Å². The van der Waals surface area contributed by atoms with E-state index in [4.69, 9.17) is 14.6 Å². The maximum Gasteiger partial charge on any atom is 0.0932 e. The van der Waals surface area contributed by atoms with Gasteiger partial charge in [-0.15, -0.1) is 0 Å². The van der Waals surface area contributed by atoms with Crippen molar-refractivity contribution in [1.82, 2.24) is 4.90 Å². The second-order valence-corrected chi connectivity index (χ2v) is 3.32. The number of morpholine rings is 1.